The monoisotopic (exact) mass is 295 g/mol. The fourth-order valence-electron chi connectivity index (χ4n) is 2.57. The van der Waals surface area contributed by atoms with Gasteiger partial charge in [-0.15, -0.1) is 17.9 Å². The number of aryl methyl sites for hydroxylation is 1. The van der Waals surface area contributed by atoms with Gasteiger partial charge in [-0.25, -0.2) is 0 Å². The Balaban J connectivity index is 2.00. The van der Waals surface area contributed by atoms with Gasteiger partial charge in [0.1, 0.15) is 0 Å². The van der Waals surface area contributed by atoms with Gasteiger partial charge >= 0.3 is 0 Å². The molecule has 1 N–H and O–H groups in total. The Morgan fingerprint density at radius 1 is 1.60 bits per heavy atom. The molecule has 0 bridgehead atoms. The van der Waals surface area contributed by atoms with Crippen LogP contribution in [0.5, 0.6) is 0 Å². The minimum absolute atomic E-state index is 0.302. The molecule has 0 amide bonds. The van der Waals surface area contributed by atoms with Crippen molar-refractivity contribution >= 4 is 11.3 Å². The number of aliphatic hydroxyl groups is 1. The number of ether oxygens (including phenoxy) is 1. The minimum Gasteiger partial charge on any atom is -0.385 e. The molecule has 1 aromatic heterocycles. The summed E-state index contributed by atoms with van der Waals surface area (Å²) in [6, 6.07) is 4.32. The second-order valence-corrected chi connectivity index (χ2v) is 7.25. The van der Waals surface area contributed by atoms with Crippen molar-refractivity contribution in [3.8, 4) is 0 Å². The Hall–Kier alpha value is -0.680. The van der Waals surface area contributed by atoms with E-state index >= 15 is 0 Å². The predicted molar refractivity (Wildman–Crippen MR) is 84.1 cm³/mol. The molecule has 2 unspecified atom stereocenters. The summed E-state index contributed by atoms with van der Waals surface area (Å²) in [5, 5.41) is 10.3. The van der Waals surface area contributed by atoms with Gasteiger partial charge in [-0.3, -0.25) is 4.90 Å². The molecule has 4 heteroatoms. The van der Waals surface area contributed by atoms with Crippen LogP contribution in [-0.4, -0.2) is 41.4 Å². The second-order valence-electron chi connectivity index (χ2n) is 5.88. The molecule has 1 aliphatic heterocycles. The first-order chi connectivity index (χ1) is 9.48. The topological polar surface area (TPSA) is 32.7 Å². The average Bonchev–Trinajstić information content (AvgIpc) is 3.01. The third-order valence-corrected chi connectivity index (χ3v) is 4.63. The lowest BCUT2D eigenvalue weighted by Gasteiger charge is -2.30. The Labute approximate surface area is 125 Å². The van der Waals surface area contributed by atoms with Gasteiger partial charge in [-0.1, -0.05) is 6.08 Å². The van der Waals surface area contributed by atoms with Crippen LogP contribution >= 0.6 is 11.3 Å². The first-order valence-corrected chi connectivity index (χ1v) is 8.05. The van der Waals surface area contributed by atoms with Crippen LogP contribution in [0, 0.1) is 6.92 Å². The highest BCUT2D eigenvalue weighted by molar-refractivity contribution is 7.11. The molecule has 2 atom stereocenters. The fraction of sp³-hybridized carbons (Fsp3) is 0.625. The van der Waals surface area contributed by atoms with Gasteiger partial charge in [0.15, 0.2) is 0 Å². The number of hydrogen-bond donors (Lipinski definition) is 1. The summed E-state index contributed by atoms with van der Waals surface area (Å²) < 4.78 is 5.73. The average molecular weight is 295 g/mol. The third-order valence-electron chi connectivity index (χ3n) is 3.64. The van der Waals surface area contributed by atoms with Gasteiger partial charge < -0.3 is 9.84 Å². The van der Waals surface area contributed by atoms with Crippen LogP contribution in [0.3, 0.4) is 0 Å². The van der Waals surface area contributed by atoms with Crippen LogP contribution in [0.15, 0.2) is 24.8 Å². The van der Waals surface area contributed by atoms with Gasteiger partial charge in [-0.2, -0.15) is 0 Å². The molecular weight excluding hydrogens is 270 g/mol. The number of rotatable bonds is 7. The summed E-state index contributed by atoms with van der Waals surface area (Å²) in [5.41, 5.74) is -0.856. The standard InChI is InChI=1S/C16H25NO2S/c1-4-16(3,18)12-17(10-14-6-5-9-19-14)11-15-8-7-13(2)20-15/h4,7-8,14,18H,1,5-6,9-12H2,2-3H3. The zero-order valence-electron chi connectivity index (χ0n) is 12.5. The zero-order valence-corrected chi connectivity index (χ0v) is 13.3. The maximum absolute atomic E-state index is 10.3. The lowest BCUT2D eigenvalue weighted by molar-refractivity contribution is 0.0246. The molecule has 0 radical (unpaired) electrons. The number of hydrogen-bond acceptors (Lipinski definition) is 4. The predicted octanol–water partition coefficient (Wildman–Crippen LogP) is 2.97. The molecule has 0 aromatic carbocycles. The first kappa shape index (κ1) is 15.7. The van der Waals surface area contributed by atoms with Crippen LogP contribution in [0.2, 0.25) is 0 Å². The highest BCUT2D eigenvalue weighted by atomic mass is 32.1. The zero-order chi connectivity index (χ0) is 14.6. The van der Waals surface area contributed by atoms with Crippen molar-refractivity contribution in [3.63, 3.8) is 0 Å². The lowest BCUT2D eigenvalue weighted by Crippen LogP contribution is -2.42. The molecule has 2 rings (SSSR count). The Bertz CT molecular complexity index is 435. The quantitative estimate of drug-likeness (QED) is 0.785. The second kappa shape index (κ2) is 6.85. The van der Waals surface area contributed by atoms with Crippen molar-refractivity contribution < 1.29 is 9.84 Å². The van der Waals surface area contributed by atoms with Crippen LogP contribution in [0.4, 0.5) is 0 Å². The summed E-state index contributed by atoms with van der Waals surface area (Å²) in [4.78, 5) is 4.94. The summed E-state index contributed by atoms with van der Waals surface area (Å²) in [7, 11) is 0. The van der Waals surface area contributed by atoms with Crippen molar-refractivity contribution in [1.82, 2.24) is 4.90 Å². The van der Waals surface area contributed by atoms with Crippen molar-refractivity contribution in [2.24, 2.45) is 0 Å². The van der Waals surface area contributed by atoms with Crippen molar-refractivity contribution in [2.75, 3.05) is 19.7 Å². The van der Waals surface area contributed by atoms with Gasteiger partial charge in [0.2, 0.25) is 0 Å². The molecular formula is C16H25NO2S. The maximum atomic E-state index is 10.3. The molecule has 20 heavy (non-hydrogen) atoms. The number of nitrogens with zero attached hydrogens (tertiary/aromatic N) is 1. The van der Waals surface area contributed by atoms with Crippen LogP contribution < -0.4 is 0 Å². The Kier molecular flexibility index (Phi) is 5.38. The molecule has 112 valence electrons. The van der Waals surface area contributed by atoms with E-state index in [4.69, 9.17) is 4.74 Å². The Morgan fingerprint density at radius 2 is 2.40 bits per heavy atom. The van der Waals surface area contributed by atoms with E-state index in [-0.39, 0.29) is 0 Å². The van der Waals surface area contributed by atoms with Crippen LogP contribution in [0.1, 0.15) is 29.5 Å². The largest absolute Gasteiger partial charge is 0.385 e. The van der Waals surface area contributed by atoms with E-state index in [1.165, 1.54) is 9.75 Å². The van der Waals surface area contributed by atoms with Gasteiger partial charge in [0.25, 0.3) is 0 Å². The number of thiophene rings is 1. The fourth-order valence-corrected chi connectivity index (χ4v) is 3.50. The minimum atomic E-state index is -0.856. The summed E-state index contributed by atoms with van der Waals surface area (Å²) in [5.74, 6) is 0. The van der Waals surface area contributed by atoms with E-state index in [2.05, 4.69) is 30.5 Å². The van der Waals surface area contributed by atoms with Gasteiger partial charge in [0.05, 0.1) is 11.7 Å². The van der Waals surface area contributed by atoms with Crippen LogP contribution in [0.25, 0.3) is 0 Å². The molecule has 3 nitrogen and oxygen atoms in total. The Morgan fingerprint density at radius 3 is 2.95 bits per heavy atom. The smallest absolute Gasteiger partial charge is 0.0923 e. The summed E-state index contributed by atoms with van der Waals surface area (Å²) >= 11 is 1.82. The maximum Gasteiger partial charge on any atom is 0.0923 e. The van der Waals surface area contributed by atoms with E-state index in [1.807, 2.05) is 18.3 Å². The van der Waals surface area contributed by atoms with E-state index < -0.39 is 5.60 Å². The van der Waals surface area contributed by atoms with Gasteiger partial charge in [-0.05, 0) is 38.8 Å². The molecule has 0 saturated carbocycles. The molecule has 0 spiro atoms. The van der Waals surface area contributed by atoms with E-state index in [0.717, 1.165) is 32.5 Å². The van der Waals surface area contributed by atoms with Crippen molar-refractivity contribution in [3.05, 3.63) is 34.5 Å². The first-order valence-electron chi connectivity index (χ1n) is 7.24. The highest BCUT2D eigenvalue weighted by Gasteiger charge is 2.25. The summed E-state index contributed by atoms with van der Waals surface area (Å²) in [6.07, 6.45) is 4.19. The van der Waals surface area contributed by atoms with Crippen LogP contribution in [-0.2, 0) is 11.3 Å². The molecule has 0 aliphatic carbocycles. The van der Waals surface area contributed by atoms with E-state index in [0.29, 0.717) is 12.6 Å². The molecule has 1 saturated heterocycles. The molecule has 1 aliphatic rings. The lowest BCUT2D eigenvalue weighted by atomic mass is 10.1. The van der Waals surface area contributed by atoms with E-state index in [9.17, 15) is 5.11 Å². The van der Waals surface area contributed by atoms with Crippen molar-refractivity contribution in [1.29, 1.82) is 0 Å². The van der Waals surface area contributed by atoms with Gasteiger partial charge in [0, 0.05) is 36.0 Å². The summed E-state index contributed by atoms with van der Waals surface area (Å²) in [6.45, 7) is 10.9. The molecule has 1 fully saturated rings. The SMILES string of the molecule is C=CC(C)(O)CN(Cc1ccc(C)s1)CC1CCCO1. The molecule has 1 aromatic rings. The van der Waals surface area contributed by atoms with Crippen molar-refractivity contribution in [2.45, 2.75) is 44.9 Å². The molecule has 2 heterocycles. The van der Waals surface area contributed by atoms with E-state index in [1.54, 1.807) is 6.08 Å². The highest BCUT2D eigenvalue weighted by Crippen LogP contribution is 2.21. The third kappa shape index (κ3) is 4.70. The normalized spacial score (nSPS) is 22.1.